The molecular weight excluding hydrogens is 258 g/mol. The summed E-state index contributed by atoms with van der Waals surface area (Å²) in [4.78, 5) is 13.4. The molecule has 1 aliphatic rings. The number of benzene rings is 1. The average molecular weight is 277 g/mol. The number of urea groups is 1. The van der Waals surface area contributed by atoms with Crippen LogP contribution in [0.3, 0.4) is 0 Å². The van der Waals surface area contributed by atoms with E-state index in [1.165, 1.54) is 0 Å². The van der Waals surface area contributed by atoms with Gasteiger partial charge in [-0.25, -0.2) is 4.79 Å². The van der Waals surface area contributed by atoms with Crippen LogP contribution in [0.4, 0.5) is 4.79 Å². The highest BCUT2D eigenvalue weighted by Gasteiger charge is 2.36. The number of rotatable bonds is 6. The second-order valence-electron chi connectivity index (χ2n) is 4.43. The highest BCUT2D eigenvalue weighted by atomic mass is 16.5. The quantitative estimate of drug-likeness (QED) is 0.832. The second kappa shape index (κ2) is 6.38. The molecule has 0 aromatic heterocycles. The van der Waals surface area contributed by atoms with Crippen LogP contribution in [-0.4, -0.2) is 43.6 Å². The summed E-state index contributed by atoms with van der Waals surface area (Å²) < 4.78 is 10.4. The summed E-state index contributed by atoms with van der Waals surface area (Å²) in [6, 6.07) is 6.82. The Kier molecular flexibility index (Phi) is 4.57. The smallest absolute Gasteiger partial charge is 0.323 e. The first-order chi connectivity index (χ1) is 9.67. The lowest BCUT2D eigenvalue weighted by Gasteiger charge is -2.22. The molecule has 1 unspecified atom stereocenters. The molecule has 2 amide bonds. The molecule has 1 aromatic rings. The van der Waals surface area contributed by atoms with Crippen molar-refractivity contribution in [3.63, 3.8) is 0 Å². The molecule has 1 heterocycles. The molecule has 1 atom stereocenters. The van der Waals surface area contributed by atoms with Gasteiger partial charge in [0.2, 0.25) is 0 Å². The zero-order chi connectivity index (χ0) is 14.5. The molecule has 2 N–H and O–H groups in total. The van der Waals surface area contributed by atoms with Crippen molar-refractivity contribution < 1.29 is 14.3 Å². The molecular formula is C14H19N3O3. The topological polar surface area (TPSA) is 74.7 Å². The number of hydrogen-bond acceptors (Lipinski definition) is 4. The normalized spacial score (nSPS) is 18.3. The number of nitrogens with one attached hydrogen (secondary N) is 2. The van der Waals surface area contributed by atoms with Gasteiger partial charge in [-0.05, 0) is 24.6 Å². The lowest BCUT2D eigenvalue weighted by Crippen LogP contribution is -2.32. The number of nitrogens with zero attached hydrogens (tertiary/aromatic N) is 1. The van der Waals surface area contributed by atoms with Crippen LogP contribution < -0.4 is 10.1 Å². The molecule has 108 valence electrons. The third-order valence-corrected chi connectivity index (χ3v) is 3.13. The predicted molar refractivity (Wildman–Crippen MR) is 75.2 cm³/mol. The number of methoxy groups -OCH3 is 1. The van der Waals surface area contributed by atoms with Gasteiger partial charge in [0.15, 0.2) is 0 Å². The van der Waals surface area contributed by atoms with Gasteiger partial charge in [0.1, 0.15) is 17.6 Å². The third-order valence-electron chi connectivity index (χ3n) is 3.13. The molecule has 1 aromatic carbocycles. The van der Waals surface area contributed by atoms with Gasteiger partial charge in [-0.3, -0.25) is 10.7 Å². The summed E-state index contributed by atoms with van der Waals surface area (Å²) in [5.41, 5.74) is 0.882. The van der Waals surface area contributed by atoms with Crippen LogP contribution >= 0.6 is 0 Å². The first-order valence-electron chi connectivity index (χ1n) is 6.55. The van der Waals surface area contributed by atoms with Crippen molar-refractivity contribution >= 4 is 11.9 Å². The van der Waals surface area contributed by atoms with Gasteiger partial charge in [0, 0.05) is 13.7 Å². The molecule has 1 fully saturated rings. The molecule has 2 rings (SSSR count). The largest absolute Gasteiger partial charge is 0.494 e. The van der Waals surface area contributed by atoms with Crippen molar-refractivity contribution in [2.75, 3.05) is 26.9 Å². The van der Waals surface area contributed by atoms with Crippen LogP contribution in [0, 0.1) is 5.41 Å². The Labute approximate surface area is 118 Å². The van der Waals surface area contributed by atoms with E-state index in [4.69, 9.17) is 14.9 Å². The van der Waals surface area contributed by atoms with E-state index in [0.717, 1.165) is 11.3 Å². The Hall–Kier alpha value is -2.08. The Bertz CT molecular complexity index is 487. The minimum atomic E-state index is -0.381. The molecule has 20 heavy (non-hydrogen) atoms. The van der Waals surface area contributed by atoms with Gasteiger partial charge in [-0.1, -0.05) is 12.1 Å². The minimum Gasteiger partial charge on any atom is -0.494 e. The van der Waals surface area contributed by atoms with E-state index in [0.29, 0.717) is 19.8 Å². The fourth-order valence-electron chi connectivity index (χ4n) is 2.21. The van der Waals surface area contributed by atoms with Crippen LogP contribution in [0.2, 0.25) is 0 Å². The average Bonchev–Trinajstić information content (AvgIpc) is 2.72. The van der Waals surface area contributed by atoms with E-state index in [-0.39, 0.29) is 17.9 Å². The van der Waals surface area contributed by atoms with Gasteiger partial charge in [0.05, 0.1) is 13.2 Å². The number of ether oxygens (including phenoxy) is 2. The van der Waals surface area contributed by atoms with E-state index in [1.54, 1.807) is 12.0 Å². The Morgan fingerprint density at radius 1 is 1.35 bits per heavy atom. The number of carbonyl (C=O) groups excluding carboxylic acids is 1. The maximum atomic E-state index is 11.8. The van der Waals surface area contributed by atoms with E-state index < -0.39 is 0 Å². The van der Waals surface area contributed by atoms with Crippen molar-refractivity contribution in [3.8, 4) is 5.75 Å². The highest BCUT2D eigenvalue weighted by Crippen LogP contribution is 2.27. The third kappa shape index (κ3) is 2.91. The molecule has 0 aliphatic carbocycles. The van der Waals surface area contributed by atoms with Gasteiger partial charge in [-0.15, -0.1) is 0 Å². The Balaban J connectivity index is 2.19. The van der Waals surface area contributed by atoms with Crippen molar-refractivity contribution in [1.29, 1.82) is 5.41 Å². The van der Waals surface area contributed by atoms with E-state index >= 15 is 0 Å². The van der Waals surface area contributed by atoms with Crippen LogP contribution in [0.1, 0.15) is 18.5 Å². The highest BCUT2D eigenvalue weighted by molar-refractivity contribution is 6.06. The van der Waals surface area contributed by atoms with Crippen molar-refractivity contribution in [3.05, 3.63) is 29.8 Å². The first-order valence-corrected chi connectivity index (χ1v) is 6.55. The van der Waals surface area contributed by atoms with Crippen molar-refractivity contribution in [2.24, 2.45) is 0 Å². The fraction of sp³-hybridized carbons (Fsp3) is 0.429. The Morgan fingerprint density at radius 3 is 2.65 bits per heavy atom. The predicted octanol–water partition coefficient (Wildman–Crippen LogP) is 1.78. The van der Waals surface area contributed by atoms with Gasteiger partial charge < -0.3 is 14.4 Å². The number of amides is 2. The molecule has 1 saturated heterocycles. The number of hydrogen-bond donors (Lipinski definition) is 2. The first kappa shape index (κ1) is 14.3. The van der Waals surface area contributed by atoms with Crippen LogP contribution in [0.25, 0.3) is 0 Å². The summed E-state index contributed by atoms with van der Waals surface area (Å²) in [5, 5.41) is 10.5. The number of amidine groups is 1. The summed E-state index contributed by atoms with van der Waals surface area (Å²) in [6.45, 7) is 3.42. The van der Waals surface area contributed by atoms with E-state index in [2.05, 4.69) is 5.32 Å². The summed E-state index contributed by atoms with van der Waals surface area (Å²) in [5.74, 6) is 0.971. The monoisotopic (exact) mass is 277 g/mol. The molecule has 6 heteroatoms. The summed E-state index contributed by atoms with van der Waals surface area (Å²) in [6.07, 6.45) is 0. The molecule has 0 radical (unpaired) electrons. The lowest BCUT2D eigenvalue weighted by molar-refractivity contribution is 0.151. The standard InChI is InChI=1S/C14H19N3O3/c1-3-20-11-6-4-10(5-7-11)12-13(15)16-14(18)17(12)8-9-19-2/h4-7,12H,3,8-9H2,1-2H3,(H2,15,16,18). The molecule has 0 saturated carbocycles. The van der Waals surface area contributed by atoms with Gasteiger partial charge >= 0.3 is 6.03 Å². The molecule has 0 spiro atoms. The zero-order valence-corrected chi connectivity index (χ0v) is 11.7. The summed E-state index contributed by atoms with van der Waals surface area (Å²) in [7, 11) is 1.59. The van der Waals surface area contributed by atoms with Crippen LogP contribution in [0.5, 0.6) is 5.75 Å². The molecule has 1 aliphatic heterocycles. The second-order valence-corrected chi connectivity index (χ2v) is 4.43. The van der Waals surface area contributed by atoms with Crippen molar-refractivity contribution in [1.82, 2.24) is 10.2 Å². The summed E-state index contributed by atoms with van der Waals surface area (Å²) >= 11 is 0. The molecule has 0 bridgehead atoms. The van der Waals surface area contributed by atoms with Crippen LogP contribution in [-0.2, 0) is 4.74 Å². The van der Waals surface area contributed by atoms with Gasteiger partial charge in [-0.2, -0.15) is 0 Å². The van der Waals surface area contributed by atoms with Crippen molar-refractivity contribution in [2.45, 2.75) is 13.0 Å². The molecule has 6 nitrogen and oxygen atoms in total. The van der Waals surface area contributed by atoms with E-state index in [1.807, 2.05) is 31.2 Å². The maximum Gasteiger partial charge on any atom is 0.323 e. The Morgan fingerprint density at radius 2 is 2.05 bits per heavy atom. The van der Waals surface area contributed by atoms with Crippen LogP contribution in [0.15, 0.2) is 24.3 Å². The SMILES string of the molecule is CCOc1ccc(C2C(=N)NC(=O)N2CCOC)cc1. The van der Waals surface area contributed by atoms with E-state index in [9.17, 15) is 4.79 Å². The number of carbonyl (C=O) groups is 1. The minimum absolute atomic E-state index is 0.190. The fourth-order valence-corrected chi connectivity index (χ4v) is 2.21. The lowest BCUT2D eigenvalue weighted by atomic mass is 10.1. The van der Waals surface area contributed by atoms with Gasteiger partial charge in [0.25, 0.3) is 0 Å². The zero-order valence-electron chi connectivity index (χ0n) is 11.7. The maximum absolute atomic E-state index is 11.8.